The molecule has 0 aromatic carbocycles. The standard InChI is InChI=1S/C12H17BrN2O2/c1-15-5-2-3-9(8-15)7-14-12(16)10-4-6-17-11(10)13/h4,6,9H,2-3,5,7-8H2,1H3,(H,14,16). The van der Waals surface area contributed by atoms with Gasteiger partial charge in [-0.15, -0.1) is 0 Å². The summed E-state index contributed by atoms with van der Waals surface area (Å²) in [7, 11) is 2.13. The van der Waals surface area contributed by atoms with Crippen LogP contribution in [-0.4, -0.2) is 37.5 Å². The highest BCUT2D eigenvalue weighted by molar-refractivity contribution is 9.10. The van der Waals surface area contributed by atoms with Crippen LogP contribution >= 0.6 is 15.9 Å². The van der Waals surface area contributed by atoms with Gasteiger partial charge in [-0.2, -0.15) is 0 Å². The molecule has 0 aliphatic carbocycles. The number of nitrogens with zero attached hydrogens (tertiary/aromatic N) is 1. The van der Waals surface area contributed by atoms with Crippen molar-refractivity contribution in [2.24, 2.45) is 5.92 Å². The van der Waals surface area contributed by atoms with Gasteiger partial charge in [-0.05, 0) is 54.3 Å². The summed E-state index contributed by atoms with van der Waals surface area (Å²) in [6.07, 6.45) is 3.91. The van der Waals surface area contributed by atoms with Gasteiger partial charge in [-0.3, -0.25) is 4.79 Å². The summed E-state index contributed by atoms with van der Waals surface area (Å²) in [6, 6.07) is 1.67. The fourth-order valence-corrected chi connectivity index (χ4v) is 2.65. The molecule has 1 aliphatic heterocycles. The second-order valence-corrected chi connectivity index (χ2v) is 5.31. The molecule has 1 N–H and O–H groups in total. The minimum Gasteiger partial charge on any atom is -0.457 e. The van der Waals surface area contributed by atoms with Crippen molar-refractivity contribution in [1.82, 2.24) is 10.2 Å². The summed E-state index contributed by atoms with van der Waals surface area (Å²) in [5.74, 6) is 0.488. The first-order valence-electron chi connectivity index (χ1n) is 5.86. The van der Waals surface area contributed by atoms with E-state index in [0.29, 0.717) is 16.2 Å². The lowest BCUT2D eigenvalue weighted by molar-refractivity contribution is 0.0935. The molecule has 1 fully saturated rings. The molecule has 2 rings (SSSR count). The summed E-state index contributed by atoms with van der Waals surface area (Å²) < 4.78 is 5.54. The number of hydrogen-bond acceptors (Lipinski definition) is 3. The summed E-state index contributed by atoms with van der Waals surface area (Å²) in [4.78, 5) is 14.1. The van der Waals surface area contributed by atoms with E-state index in [1.165, 1.54) is 19.1 Å². The van der Waals surface area contributed by atoms with Crippen molar-refractivity contribution in [3.63, 3.8) is 0 Å². The van der Waals surface area contributed by atoms with Crippen LogP contribution < -0.4 is 5.32 Å². The largest absolute Gasteiger partial charge is 0.457 e. The van der Waals surface area contributed by atoms with E-state index in [9.17, 15) is 4.79 Å². The molecule has 0 spiro atoms. The number of halogens is 1. The number of piperidine rings is 1. The van der Waals surface area contributed by atoms with Gasteiger partial charge in [0.2, 0.25) is 0 Å². The van der Waals surface area contributed by atoms with Crippen molar-refractivity contribution < 1.29 is 9.21 Å². The average molecular weight is 301 g/mol. The quantitative estimate of drug-likeness (QED) is 0.930. The molecule has 0 bridgehead atoms. The number of furan rings is 1. The third kappa shape index (κ3) is 3.33. The monoisotopic (exact) mass is 300 g/mol. The maximum atomic E-state index is 11.8. The van der Waals surface area contributed by atoms with Crippen LogP contribution in [0, 0.1) is 5.92 Å². The van der Waals surface area contributed by atoms with Crippen molar-refractivity contribution in [1.29, 1.82) is 0 Å². The maximum absolute atomic E-state index is 11.8. The van der Waals surface area contributed by atoms with Gasteiger partial charge in [0.05, 0.1) is 11.8 Å². The van der Waals surface area contributed by atoms with Crippen LogP contribution in [-0.2, 0) is 0 Å². The molecule has 1 atom stereocenters. The third-order valence-corrected chi connectivity index (χ3v) is 3.75. The Bertz CT molecular complexity index is 392. The zero-order valence-electron chi connectivity index (χ0n) is 9.91. The topological polar surface area (TPSA) is 45.5 Å². The molecule has 1 aromatic rings. The Morgan fingerprint density at radius 3 is 3.18 bits per heavy atom. The van der Waals surface area contributed by atoms with Gasteiger partial charge in [0.15, 0.2) is 4.67 Å². The molecule has 1 saturated heterocycles. The molecule has 94 valence electrons. The van der Waals surface area contributed by atoms with Crippen LogP contribution in [0.1, 0.15) is 23.2 Å². The van der Waals surface area contributed by atoms with E-state index in [1.807, 2.05) is 0 Å². The highest BCUT2D eigenvalue weighted by Gasteiger charge is 2.19. The average Bonchev–Trinajstić information content (AvgIpc) is 2.72. The lowest BCUT2D eigenvalue weighted by Crippen LogP contribution is -2.39. The highest BCUT2D eigenvalue weighted by atomic mass is 79.9. The van der Waals surface area contributed by atoms with E-state index in [-0.39, 0.29) is 5.91 Å². The summed E-state index contributed by atoms with van der Waals surface area (Å²) in [6.45, 7) is 2.96. The molecular weight excluding hydrogens is 284 g/mol. The number of carbonyl (C=O) groups excluding carboxylic acids is 1. The lowest BCUT2D eigenvalue weighted by atomic mass is 9.98. The lowest BCUT2D eigenvalue weighted by Gasteiger charge is -2.29. The number of likely N-dealkylation sites (tertiary alicyclic amines) is 1. The maximum Gasteiger partial charge on any atom is 0.255 e. The Balaban J connectivity index is 1.82. The van der Waals surface area contributed by atoms with Gasteiger partial charge in [-0.1, -0.05) is 0 Å². The van der Waals surface area contributed by atoms with E-state index >= 15 is 0 Å². The minimum atomic E-state index is -0.0705. The Morgan fingerprint density at radius 2 is 2.53 bits per heavy atom. The SMILES string of the molecule is CN1CCCC(CNC(=O)c2ccoc2Br)C1. The minimum absolute atomic E-state index is 0.0705. The number of amides is 1. The highest BCUT2D eigenvalue weighted by Crippen LogP contribution is 2.18. The Hall–Kier alpha value is -0.810. The van der Waals surface area contributed by atoms with Crippen molar-refractivity contribution >= 4 is 21.8 Å². The molecule has 1 amide bonds. The van der Waals surface area contributed by atoms with Crippen LogP contribution in [0.5, 0.6) is 0 Å². The van der Waals surface area contributed by atoms with E-state index in [2.05, 4.69) is 33.2 Å². The number of hydrogen-bond donors (Lipinski definition) is 1. The fourth-order valence-electron chi connectivity index (χ4n) is 2.23. The molecule has 5 heteroatoms. The van der Waals surface area contributed by atoms with Crippen LogP contribution in [0.3, 0.4) is 0 Å². The van der Waals surface area contributed by atoms with Crippen LogP contribution in [0.4, 0.5) is 0 Å². The van der Waals surface area contributed by atoms with Crippen molar-refractivity contribution in [2.45, 2.75) is 12.8 Å². The smallest absolute Gasteiger partial charge is 0.255 e. The summed E-state index contributed by atoms with van der Waals surface area (Å²) >= 11 is 3.21. The van der Waals surface area contributed by atoms with Crippen molar-refractivity contribution in [2.75, 3.05) is 26.7 Å². The second-order valence-electron chi connectivity index (χ2n) is 4.59. The van der Waals surface area contributed by atoms with Gasteiger partial charge in [-0.25, -0.2) is 0 Å². The van der Waals surface area contributed by atoms with Gasteiger partial charge < -0.3 is 14.6 Å². The molecule has 1 aromatic heterocycles. The van der Waals surface area contributed by atoms with Gasteiger partial charge in [0.25, 0.3) is 5.91 Å². The Morgan fingerprint density at radius 1 is 1.71 bits per heavy atom. The van der Waals surface area contributed by atoms with Gasteiger partial charge in [0.1, 0.15) is 0 Å². The van der Waals surface area contributed by atoms with E-state index in [4.69, 9.17) is 4.42 Å². The predicted octanol–water partition coefficient (Wildman–Crippen LogP) is 2.11. The molecule has 0 radical (unpaired) electrons. The zero-order chi connectivity index (χ0) is 12.3. The van der Waals surface area contributed by atoms with E-state index < -0.39 is 0 Å². The van der Waals surface area contributed by atoms with E-state index in [1.54, 1.807) is 6.07 Å². The fraction of sp³-hybridized carbons (Fsp3) is 0.583. The summed E-state index contributed by atoms with van der Waals surface area (Å²) in [5, 5.41) is 2.96. The number of nitrogens with one attached hydrogen (secondary N) is 1. The first kappa shape index (κ1) is 12.6. The van der Waals surface area contributed by atoms with Gasteiger partial charge in [0, 0.05) is 13.1 Å². The molecular formula is C12H17BrN2O2. The Labute approximate surface area is 109 Å². The van der Waals surface area contributed by atoms with Crippen LogP contribution in [0.2, 0.25) is 0 Å². The molecule has 1 aliphatic rings. The van der Waals surface area contributed by atoms with Crippen molar-refractivity contribution in [3.8, 4) is 0 Å². The molecule has 1 unspecified atom stereocenters. The first-order valence-corrected chi connectivity index (χ1v) is 6.66. The molecule has 17 heavy (non-hydrogen) atoms. The van der Waals surface area contributed by atoms with Crippen LogP contribution in [0.15, 0.2) is 21.4 Å². The molecule has 4 nitrogen and oxygen atoms in total. The number of carbonyl (C=O) groups is 1. The first-order chi connectivity index (χ1) is 8.16. The summed E-state index contributed by atoms with van der Waals surface area (Å²) in [5.41, 5.74) is 0.564. The van der Waals surface area contributed by atoms with Gasteiger partial charge >= 0.3 is 0 Å². The normalized spacial score (nSPS) is 21.4. The third-order valence-electron chi connectivity index (χ3n) is 3.14. The predicted molar refractivity (Wildman–Crippen MR) is 69.0 cm³/mol. The van der Waals surface area contributed by atoms with Crippen LogP contribution in [0.25, 0.3) is 0 Å². The molecule has 0 saturated carbocycles. The van der Waals surface area contributed by atoms with E-state index in [0.717, 1.165) is 19.6 Å². The Kier molecular flexibility index (Phi) is 4.23. The molecule has 2 heterocycles. The van der Waals surface area contributed by atoms with Crippen molar-refractivity contribution in [3.05, 3.63) is 22.6 Å². The second kappa shape index (κ2) is 5.69. The zero-order valence-corrected chi connectivity index (χ0v) is 11.5. The number of rotatable bonds is 3.